The molecule has 1 saturated heterocycles. The van der Waals surface area contributed by atoms with Gasteiger partial charge in [-0.2, -0.15) is 0 Å². The Morgan fingerprint density at radius 1 is 1.17 bits per heavy atom. The number of nitrogens with one attached hydrogen (secondary N) is 1. The second-order valence-corrected chi connectivity index (χ2v) is 9.30. The molecule has 108 valence electrons. The second kappa shape index (κ2) is 6.31. The minimum Gasteiger partial charge on any atom is -0.317 e. The highest BCUT2D eigenvalue weighted by Gasteiger charge is 2.25. The van der Waals surface area contributed by atoms with Crippen LogP contribution in [0.1, 0.15) is 12.8 Å². The van der Waals surface area contributed by atoms with E-state index < -0.39 is 19.9 Å². The number of hydrogen-bond donors (Lipinski definition) is 1. The third-order valence-electron chi connectivity index (χ3n) is 3.16. The average molecular weight is 298 g/mol. The van der Waals surface area contributed by atoms with Crippen LogP contribution in [0.5, 0.6) is 0 Å². The number of hydrogen-bond acceptors (Lipinski definition) is 5. The minimum atomic E-state index is -3.34. The molecule has 0 saturated carbocycles. The number of piperidine rings is 1. The third-order valence-corrected chi connectivity index (χ3v) is 6.11. The monoisotopic (exact) mass is 298 g/mol. The van der Waals surface area contributed by atoms with Gasteiger partial charge in [-0.1, -0.05) is 0 Å². The maximum absolute atomic E-state index is 12.0. The zero-order valence-electron chi connectivity index (χ0n) is 10.9. The van der Waals surface area contributed by atoms with Crippen molar-refractivity contribution in [3.05, 3.63) is 0 Å². The van der Waals surface area contributed by atoms with Gasteiger partial charge in [0.25, 0.3) is 0 Å². The summed E-state index contributed by atoms with van der Waals surface area (Å²) in [5.41, 5.74) is 0. The molecule has 0 bridgehead atoms. The van der Waals surface area contributed by atoms with Gasteiger partial charge in [-0.25, -0.2) is 21.1 Å². The molecule has 18 heavy (non-hydrogen) atoms. The molecule has 0 aromatic heterocycles. The van der Waals surface area contributed by atoms with Crippen molar-refractivity contribution in [3.8, 4) is 0 Å². The van der Waals surface area contributed by atoms with Crippen LogP contribution < -0.4 is 5.32 Å². The van der Waals surface area contributed by atoms with Gasteiger partial charge in [0.1, 0.15) is 9.84 Å². The summed E-state index contributed by atoms with van der Waals surface area (Å²) >= 11 is 0. The molecule has 0 spiro atoms. The van der Waals surface area contributed by atoms with Crippen LogP contribution in [0, 0.1) is 5.92 Å². The molecule has 1 heterocycles. The van der Waals surface area contributed by atoms with Crippen LogP contribution in [0.15, 0.2) is 0 Å². The molecule has 0 amide bonds. The lowest BCUT2D eigenvalue weighted by Gasteiger charge is -2.25. The van der Waals surface area contributed by atoms with E-state index in [2.05, 4.69) is 5.32 Å². The molecule has 1 aliphatic rings. The van der Waals surface area contributed by atoms with Gasteiger partial charge in [0.15, 0.2) is 0 Å². The topological polar surface area (TPSA) is 83.6 Å². The van der Waals surface area contributed by atoms with Crippen molar-refractivity contribution in [1.82, 2.24) is 9.62 Å². The molecule has 8 heteroatoms. The van der Waals surface area contributed by atoms with E-state index in [0.717, 1.165) is 36.5 Å². The van der Waals surface area contributed by atoms with Gasteiger partial charge in [0, 0.05) is 19.8 Å². The van der Waals surface area contributed by atoms with E-state index in [1.165, 1.54) is 7.05 Å². The lowest BCUT2D eigenvalue weighted by molar-refractivity contribution is 0.391. The third kappa shape index (κ3) is 5.64. The van der Waals surface area contributed by atoms with E-state index in [4.69, 9.17) is 0 Å². The fourth-order valence-electron chi connectivity index (χ4n) is 1.91. The fourth-order valence-corrected chi connectivity index (χ4v) is 4.18. The van der Waals surface area contributed by atoms with Gasteiger partial charge in [-0.15, -0.1) is 0 Å². The predicted octanol–water partition coefficient (Wildman–Crippen LogP) is -0.708. The van der Waals surface area contributed by atoms with E-state index in [1.54, 1.807) is 0 Å². The standard InChI is InChI=1S/C10H22N2O4S2/c1-12(7-8-17(2,13)14)18(15,16)9-10-3-5-11-6-4-10/h10-11H,3-9H2,1-2H3. The van der Waals surface area contributed by atoms with Crippen molar-refractivity contribution in [2.45, 2.75) is 12.8 Å². The van der Waals surface area contributed by atoms with Crippen molar-refractivity contribution < 1.29 is 16.8 Å². The first-order valence-corrected chi connectivity index (χ1v) is 9.70. The van der Waals surface area contributed by atoms with Gasteiger partial charge in [0.2, 0.25) is 10.0 Å². The maximum Gasteiger partial charge on any atom is 0.214 e. The van der Waals surface area contributed by atoms with Gasteiger partial charge >= 0.3 is 0 Å². The first kappa shape index (κ1) is 15.9. The molecule has 1 fully saturated rings. The predicted molar refractivity (Wildman–Crippen MR) is 71.7 cm³/mol. The van der Waals surface area contributed by atoms with E-state index >= 15 is 0 Å². The van der Waals surface area contributed by atoms with Crippen LogP contribution in [-0.4, -0.2) is 65.6 Å². The van der Waals surface area contributed by atoms with Crippen molar-refractivity contribution in [2.75, 3.05) is 44.4 Å². The SMILES string of the molecule is CN(CCS(C)(=O)=O)S(=O)(=O)CC1CCNCC1. The summed E-state index contributed by atoms with van der Waals surface area (Å²) in [6.07, 6.45) is 2.83. The Balaban J connectivity index is 2.51. The maximum atomic E-state index is 12.0. The second-order valence-electron chi connectivity index (χ2n) is 4.92. The molecule has 1 aliphatic heterocycles. The lowest BCUT2D eigenvalue weighted by Crippen LogP contribution is -2.38. The Morgan fingerprint density at radius 3 is 2.22 bits per heavy atom. The molecule has 1 N–H and O–H groups in total. The van der Waals surface area contributed by atoms with Crippen molar-refractivity contribution in [1.29, 1.82) is 0 Å². The average Bonchev–Trinajstić information content (AvgIpc) is 2.25. The largest absolute Gasteiger partial charge is 0.317 e. The van der Waals surface area contributed by atoms with Crippen LogP contribution >= 0.6 is 0 Å². The van der Waals surface area contributed by atoms with Gasteiger partial charge in [-0.05, 0) is 31.8 Å². The van der Waals surface area contributed by atoms with Crippen LogP contribution in [-0.2, 0) is 19.9 Å². The number of nitrogens with zero attached hydrogens (tertiary/aromatic N) is 1. The molecular weight excluding hydrogens is 276 g/mol. The summed E-state index contributed by atoms with van der Waals surface area (Å²) in [6, 6.07) is 0. The summed E-state index contributed by atoms with van der Waals surface area (Å²) in [5.74, 6) is 0.168. The first-order chi connectivity index (χ1) is 8.21. The molecule has 6 nitrogen and oxygen atoms in total. The minimum absolute atomic E-state index is 0.0339. The molecule has 0 aromatic rings. The zero-order valence-corrected chi connectivity index (χ0v) is 12.6. The van der Waals surface area contributed by atoms with Crippen molar-refractivity contribution in [2.24, 2.45) is 5.92 Å². The molecule has 0 radical (unpaired) electrons. The number of sulfonamides is 1. The highest BCUT2D eigenvalue weighted by molar-refractivity contribution is 7.91. The molecule has 0 aliphatic carbocycles. The molecule has 1 rings (SSSR count). The summed E-state index contributed by atoms with van der Waals surface area (Å²) in [6.45, 7) is 1.74. The van der Waals surface area contributed by atoms with Gasteiger partial charge in [-0.3, -0.25) is 0 Å². The molecule has 0 atom stereocenters. The highest BCUT2D eigenvalue weighted by Crippen LogP contribution is 2.15. The van der Waals surface area contributed by atoms with E-state index in [1.807, 2.05) is 0 Å². The van der Waals surface area contributed by atoms with Gasteiger partial charge < -0.3 is 5.32 Å². The van der Waals surface area contributed by atoms with Crippen molar-refractivity contribution >= 4 is 19.9 Å². The Bertz CT molecular complexity index is 452. The Kier molecular flexibility index (Phi) is 5.57. The summed E-state index contributed by atoms with van der Waals surface area (Å²) < 4.78 is 47.3. The molecular formula is C10H22N2O4S2. The highest BCUT2D eigenvalue weighted by atomic mass is 32.2. The smallest absolute Gasteiger partial charge is 0.214 e. The number of sulfone groups is 1. The normalized spacial score (nSPS) is 19.3. The van der Waals surface area contributed by atoms with Crippen LogP contribution in [0.2, 0.25) is 0 Å². The Labute approximate surface area is 110 Å². The Morgan fingerprint density at radius 2 is 1.72 bits per heavy atom. The molecule has 0 unspecified atom stereocenters. The summed E-state index contributed by atoms with van der Waals surface area (Å²) in [5, 5.41) is 3.19. The Hall–Kier alpha value is -0.180. The van der Waals surface area contributed by atoms with E-state index in [9.17, 15) is 16.8 Å². The zero-order chi connectivity index (χ0) is 13.8. The van der Waals surface area contributed by atoms with Crippen LogP contribution in [0.25, 0.3) is 0 Å². The van der Waals surface area contributed by atoms with Crippen LogP contribution in [0.4, 0.5) is 0 Å². The number of rotatable bonds is 6. The van der Waals surface area contributed by atoms with Crippen molar-refractivity contribution in [3.63, 3.8) is 0 Å². The summed E-state index contributed by atoms with van der Waals surface area (Å²) in [7, 11) is -5.02. The van der Waals surface area contributed by atoms with Crippen LogP contribution in [0.3, 0.4) is 0 Å². The van der Waals surface area contributed by atoms with E-state index in [0.29, 0.717) is 0 Å². The van der Waals surface area contributed by atoms with Gasteiger partial charge in [0.05, 0.1) is 11.5 Å². The lowest BCUT2D eigenvalue weighted by atomic mass is 10.0. The quantitative estimate of drug-likeness (QED) is 0.700. The summed E-state index contributed by atoms with van der Waals surface area (Å²) in [4.78, 5) is 0. The van der Waals surface area contributed by atoms with E-state index in [-0.39, 0.29) is 24.0 Å². The molecule has 0 aromatic carbocycles. The first-order valence-electron chi connectivity index (χ1n) is 6.03. The fraction of sp³-hybridized carbons (Fsp3) is 1.00.